The molecule has 0 fully saturated rings. The van der Waals surface area contributed by atoms with Gasteiger partial charge < -0.3 is 20.6 Å². The van der Waals surface area contributed by atoms with E-state index in [9.17, 15) is 20.1 Å². The first-order valence-corrected chi connectivity index (χ1v) is 7.15. The molecule has 0 aromatic heterocycles. The lowest BCUT2D eigenvalue weighted by Gasteiger charge is -2.22. The molecule has 118 valence electrons. The zero-order valence-corrected chi connectivity index (χ0v) is 12.5. The molecular weight excluding hydrogens is 320 g/mol. The lowest BCUT2D eigenvalue weighted by Crippen LogP contribution is -2.49. The Morgan fingerprint density at radius 1 is 1.17 bits per heavy atom. The van der Waals surface area contributed by atoms with Crippen LogP contribution >= 0.6 is 11.6 Å². The number of aliphatic hydroxyl groups is 2. The van der Waals surface area contributed by atoms with Crippen molar-refractivity contribution in [3.63, 3.8) is 0 Å². The van der Waals surface area contributed by atoms with Crippen molar-refractivity contribution >= 4 is 29.0 Å². The lowest BCUT2D eigenvalue weighted by atomic mass is 9.98. The summed E-state index contributed by atoms with van der Waals surface area (Å²) in [7, 11) is 0. The smallest absolute Gasteiger partial charge is 0.357 e. The summed E-state index contributed by atoms with van der Waals surface area (Å²) in [5.41, 5.74) is 0.800. The molecule has 1 aliphatic rings. The molecular formula is C16H13ClN2O4. The number of carbonyl (C=O) groups is 1. The molecule has 6 nitrogen and oxygen atoms in total. The molecule has 0 saturated heterocycles. The summed E-state index contributed by atoms with van der Waals surface area (Å²) in [6, 6.07) is 13.0. The van der Waals surface area contributed by atoms with E-state index < -0.39 is 23.6 Å². The first-order valence-electron chi connectivity index (χ1n) is 6.77. The third-order valence-corrected chi connectivity index (χ3v) is 3.76. The number of aliphatic imine (C=N–C) groups is 1. The second kappa shape index (κ2) is 5.66. The van der Waals surface area contributed by atoms with Crippen LogP contribution in [-0.2, 0) is 4.79 Å². The van der Waals surface area contributed by atoms with Gasteiger partial charge in [0.15, 0.2) is 0 Å². The van der Waals surface area contributed by atoms with E-state index in [0.29, 0.717) is 21.8 Å². The fraction of sp³-hybridized carbons (Fsp3) is 0.125. The van der Waals surface area contributed by atoms with Crippen LogP contribution in [0.3, 0.4) is 0 Å². The molecule has 1 atom stereocenters. The quantitative estimate of drug-likeness (QED) is 0.630. The fourth-order valence-corrected chi connectivity index (χ4v) is 2.68. The molecule has 0 radical (unpaired) electrons. The number of rotatable bonds is 2. The molecule has 0 amide bonds. The van der Waals surface area contributed by atoms with E-state index in [1.807, 2.05) is 6.07 Å². The van der Waals surface area contributed by atoms with Gasteiger partial charge in [-0.15, -0.1) is 0 Å². The molecule has 0 aliphatic carbocycles. The number of hydrogen-bond donors (Lipinski definition) is 4. The van der Waals surface area contributed by atoms with E-state index in [-0.39, 0.29) is 0 Å². The van der Waals surface area contributed by atoms with Crippen LogP contribution in [0.1, 0.15) is 17.2 Å². The number of nitrogens with zero attached hydrogens (tertiary/aromatic N) is 1. The Balaban J connectivity index is 2.26. The summed E-state index contributed by atoms with van der Waals surface area (Å²) >= 11 is 6.04. The molecule has 23 heavy (non-hydrogen) atoms. The van der Waals surface area contributed by atoms with E-state index in [2.05, 4.69) is 10.3 Å². The molecule has 1 aliphatic heterocycles. The summed E-state index contributed by atoms with van der Waals surface area (Å²) < 4.78 is 0. The van der Waals surface area contributed by atoms with Crippen molar-refractivity contribution in [3.05, 3.63) is 64.7 Å². The number of anilines is 1. The van der Waals surface area contributed by atoms with E-state index in [1.54, 1.807) is 42.5 Å². The first kappa shape index (κ1) is 15.5. The Morgan fingerprint density at radius 2 is 1.87 bits per heavy atom. The van der Waals surface area contributed by atoms with E-state index >= 15 is 0 Å². The van der Waals surface area contributed by atoms with Crippen LogP contribution in [0.4, 0.5) is 5.69 Å². The van der Waals surface area contributed by atoms with Crippen LogP contribution in [0, 0.1) is 0 Å². The SMILES string of the molecule is O=C(O)C1=NC(c2ccccc2)c2cc(Cl)ccc2NC1(O)O. The minimum Gasteiger partial charge on any atom is -0.477 e. The van der Waals surface area contributed by atoms with Gasteiger partial charge in [-0.2, -0.15) is 0 Å². The van der Waals surface area contributed by atoms with Gasteiger partial charge in [-0.3, -0.25) is 4.99 Å². The second-order valence-electron chi connectivity index (χ2n) is 5.12. The molecule has 1 heterocycles. The highest BCUT2D eigenvalue weighted by Crippen LogP contribution is 2.37. The van der Waals surface area contributed by atoms with Gasteiger partial charge in [-0.05, 0) is 23.8 Å². The number of carboxylic acids is 1. The highest BCUT2D eigenvalue weighted by atomic mass is 35.5. The molecule has 0 spiro atoms. The third kappa shape index (κ3) is 2.92. The minimum absolute atomic E-state index is 0.341. The number of aliphatic carboxylic acids is 1. The number of fused-ring (bicyclic) bond motifs is 1. The Bertz CT molecular complexity index is 790. The number of benzene rings is 2. The van der Waals surface area contributed by atoms with Gasteiger partial charge in [0.2, 0.25) is 5.71 Å². The normalized spacial score (nSPS) is 19.1. The number of nitrogens with one attached hydrogen (secondary N) is 1. The monoisotopic (exact) mass is 332 g/mol. The molecule has 1 unspecified atom stereocenters. The molecule has 4 N–H and O–H groups in total. The Hall–Kier alpha value is -2.41. The number of hydrogen-bond acceptors (Lipinski definition) is 5. The topological polar surface area (TPSA) is 102 Å². The molecule has 0 saturated carbocycles. The molecule has 3 rings (SSSR count). The lowest BCUT2D eigenvalue weighted by molar-refractivity contribution is -0.134. The van der Waals surface area contributed by atoms with Crippen molar-refractivity contribution < 1.29 is 20.1 Å². The first-order chi connectivity index (χ1) is 10.9. The average molecular weight is 333 g/mol. The zero-order valence-electron chi connectivity index (χ0n) is 11.8. The zero-order chi connectivity index (χ0) is 16.6. The predicted octanol–water partition coefficient (Wildman–Crippen LogP) is 2.02. The fourth-order valence-electron chi connectivity index (χ4n) is 2.50. The van der Waals surface area contributed by atoms with Crippen LogP contribution in [0.2, 0.25) is 5.02 Å². The van der Waals surface area contributed by atoms with Crippen LogP contribution in [-0.4, -0.2) is 32.9 Å². The highest BCUT2D eigenvalue weighted by Gasteiger charge is 2.40. The third-order valence-electron chi connectivity index (χ3n) is 3.52. The van der Waals surface area contributed by atoms with Gasteiger partial charge in [0.1, 0.15) is 6.04 Å². The summed E-state index contributed by atoms with van der Waals surface area (Å²) in [5.74, 6) is -4.32. The van der Waals surface area contributed by atoms with Crippen LogP contribution in [0.5, 0.6) is 0 Å². The summed E-state index contributed by atoms with van der Waals surface area (Å²) in [6.07, 6.45) is 0. The van der Waals surface area contributed by atoms with Crippen molar-refractivity contribution in [2.75, 3.05) is 5.32 Å². The summed E-state index contributed by atoms with van der Waals surface area (Å²) in [5, 5.41) is 32.2. The van der Waals surface area contributed by atoms with Gasteiger partial charge in [0.25, 0.3) is 5.91 Å². The number of carboxylic acid groups (broad SMARTS) is 1. The molecule has 2 aromatic rings. The highest BCUT2D eigenvalue weighted by molar-refractivity contribution is 6.39. The van der Waals surface area contributed by atoms with Gasteiger partial charge in [0.05, 0.1) is 0 Å². The Kier molecular flexibility index (Phi) is 3.81. The van der Waals surface area contributed by atoms with E-state index in [4.69, 9.17) is 11.6 Å². The largest absolute Gasteiger partial charge is 0.477 e. The maximum Gasteiger partial charge on any atom is 0.357 e. The van der Waals surface area contributed by atoms with Gasteiger partial charge >= 0.3 is 5.97 Å². The van der Waals surface area contributed by atoms with Crippen molar-refractivity contribution in [2.45, 2.75) is 12.0 Å². The number of halogens is 1. The summed E-state index contributed by atoms with van der Waals surface area (Å²) in [4.78, 5) is 15.5. The Morgan fingerprint density at radius 3 is 2.52 bits per heavy atom. The molecule has 7 heteroatoms. The Labute approximate surface area is 136 Å². The molecule has 0 bridgehead atoms. The standard InChI is InChI=1S/C16H13ClN2O4/c17-10-6-7-12-11(8-10)13(9-4-2-1-3-5-9)18-14(15(20)21)16(22,23)19-12/h1-8,13,19,22-23H,(H,20,21). The minimum atomic E-state index is -2.79. The average Bonchev–Trinajstić information content (AvgIpc) is 2.61. The van der Waals surface area contributed by atoms with Gasteiger partial charge in [0, 0.05) is 16.3 Å². The molecule has 2 aromatic carbocycles. The van der Waals surface area contributed by atoms with Crippen molar-refractivity contribution in [1.29, 1.82) is 0 Å². The van der Waals surface area contributed by atoms with Gasteiger partial charge in [-0.1, -0.05) is 41.9 Å². The van der Waals surface area contributed by atoms with E-state index in [1.165, 1.54) is 0 Å². The van der Waals surface area contributed by atoms with E-state index in [0.717, 1.165) is 0 Å². The van der Waals surface area contributed by atoms with Crippen LogP contribution < -0.4 is 5.32 Å². The van der Waals surface area contributed by atoms with Crippen molar-refractivity contribution in [3.8, 4) is 0 Å². The maximum absolute atomic E-state index is 11.4. The van der Waals surface area contributed by atoms with Crippen LogP contribution in [0.25, 0.3) is 0 Å². The maximum atomic E-state index is 11.4. The second-order valence-corrected chi connectivity index (χ2v) is 5.56. The summed E-state index contributed by atoms with van der Waals surface area (Å²) in [6.45, 7) is 0. The van der Waals surface area contributed by atoms with Crippen molar-refractivity contribution in [1.82, 2.24) is 0 Å². The van der Waals surface area contributed by atoms with Gasteiger partial charge in [-0.25, -0.2) is 4.79 Å². The predicted molar refractivity (Wildman–Crippen MR) is 85.6 cm³/mol. The van der Waals surface area contributed by atoms with Crippen molar-refractivity contribution in [2.24, 2.45) is 4.99 Å². The van der Waals surface area contributed by atoms with Crippen LogP contribution in [0.15, 0.2) is 53.5 Å².